The Morgan fingerprint density at radius 1 is 0.964 bits per heavy atom. The third kappa shape index (κ3) is 3.91. The number of benzene rings is 2. The lowest BCUT2D eigenvalue weighted by Gasteiger charge is -2.21. The van der Waals surface area contributed by atoms with E-state index in [-0.39, 0.29) is 12.1 Å². The number of nitrogens with zero attached hydrogens (tertiary/aromatic N) is 2. The summed E-state index contributed by atoms with van der Waals surface area (Å²) in [6, 6.07) is 19.6. The Hall–Kier alpha value is -3.14. The summed E-state index contributed by atoms with van der Waals surface area (Å²) >= 11 is 0. The summed E-state index contributed by atoms with van der Waals surface area (Å²) in [6.07, 6.45) is 7.17. The first kappa shape index (κ1) is 18.2. The molecule has 2 aromatic carbocycles. The summed E-state index contributed by atoms with van der Waals surface area (Å²) in [7, 11) is 0. The average Bonchev–Trinajstić information content (AvgIpc) is 3.21. The van der Waals surface area contributed by atoms with Gasteiger partial charge in [-0.2, -0.15) is 5.10 Å². The van der Waals surface area contributed by atoms with E-state index in [4.69, 9.17) is 4.74 Å². The Bertz CT molecular complexity index is 955. The molecule has 0 amide bonds. The monoisotopic (exact) mass is 372 g/mol. The van der Waals surface area contributed by atoms with Crippen molar-refractivity contribution >= 4 is 11.7 Å². The van der Waals surface area contributed by atoms with Crippen LogP contribution in [0.2, 0.25) is 0 Å². The molecule has 0 spiro atoms. The Morgan fingerprint density at radius 2 is 1.61 bits per heavy atom. The molecule has 0 radical (unpaired) electrons. The van der Waals surface area contributed by atoms with Crippen molar-refractivity contribution in [3.63, 3.8) is 0 Å². The maximum atomic E-state index is 13.0. The van der Waals surface area contributed by atoms with E-state index >= 15 is 0 Å². The van der Waals surface area contributed by atoms with Gasteiger partial charge >= 0.3 is 5.97 Å². The number of carbonyl (C=O) groups excluding carboxylic acids is 1. The number of ether oxygens (including phenoxy) is 1. The molecule has 1 aliphatic carbocycles. The van der Waals surface area contributed by atoms with Crippen molar-refractivity contribution in [3.8, 4) is 11.1 Å². The number of hydrogen-bond donors (Lipinski definition) is 0. The SMILES string of the molecule is C=C(c1ccccc1)n1cc(-c2ccccc2)c(C(=O)OC2CCCCC2)n1. The molecule has 0 saturated heterocycles. The lowest BCUT2D eigenvalue weighted by molar-refractivity contribution is 0.0205. The van der Waals surface area contributed by atoms with Crippen LogP contribution in [-0.2, 0) is 4.74 Å². The van der Waals surface area contributed by atoms with Crippen molar-refractivity contribution in [1.82, 2.24) is 9.78 Å². The molecule has 4 nitrogen and oxygen atoms in total. The fourth-order valence-corrected chi connectivity index (χ4v) is 3.64. The van der Waals surface area contributed by atoms with Crippen LogP contribution in [-0.4, -0.2) is 21.9 Å². The molecule has 1 aromatic heterocycles. The fraction of sp³-hybridized carbons (Fsp3) is 0.250. The van der Waals surface area contributed by atoms with Gasteiger partial charge in [0.2, 0.25) is 0 Å². The zero-order valence-electron chi connectivity index (χ0n) is 15.9. The quantitative estimate of drug-likeness (QED) is 0.551. The molecule has 1 fully saturated rings. The molecule has 28 heavy (non-hydrogen) atoms. The Kier molecular flexibility index (Phi) is 5.38. The first-order valence-electron chi connectivity index (χ1n) is 9.83. The molecule has 1 aliphatic rings. The zero-order chi connectivity index (χ0) is 19.3. The van der Waals surface area contributed by atoms with Crippen LogP contribution in [0.3, 0.4) is 0 Å². The van der Waals surface area contributed by atoms with E-state index in [0.717, 1.165) is 48.1 Å². The Balaban J connectivity index is 1.68. The molecule has 1 saturated carbocycles. The standard InChI is InChI=1S/C24H24N2O2/c1-18(19-11-5-2-6-12-19)26-17-22(20-13-7-3-8-14-20)23(25-26)24(27)28-21-15-9-4-10-16-21/h2-3,5-8,11-14,17,21H,1,4,9-10,15-16H2. The highest BCUT2D eigenvalue weighted by Crippen LogP contribution is 2.28. The van der Waals surface area contributed by atoms with Gasteiger partial charge in [0.1, 0.15) is 6.10 Å². The third-order valence-corrected chi connectivity index (χ3v) is 5.20. The summed E-state index contributed by atoms with van der Waals surface area (Å²) < 4.78 is 7.47. The molecule has 4 rings (SSSR count). The van der Waals surface area contributed by atoms with Crippen LogP contribution in [0, 0.1) is 0 Å². The van der Waals surface area contributed by atoms with Crippen LogP contribution < -0.4 is 0 Å². The van der Waals surface area contributed by atoms with Gasteiger partial charge in [0.25, 0.3) is 0 Å². The molecular weight excluding hydrogens is 348 g/mol. The molecule has 0 bridgehead atoms. The summed E-state index contributed by atoms with van der Waals surface area (Å²) in [5.74, 6) is -0.356. The minimum absolute atomic E-state index is 0.00708. The molecule has 0 atom stereocenters. The van der Waals surface area contributed by atoms with Crippen LogP contribution in [0.4, 0.5) is 0 Å². The largest absolute Gasteiger partial charge is 0.458 e. The maximum absolute atomic E-state index is 13.0. The van der Waals surface area contributed by atoms with Crippen molar-refractivity contribution in [1.29, 1.82) is 0 Å². The van der Waals surface area contributed by atoms with E-state index in [1.165, 1.54) is 6.42 Å². The smallest absolute Gasteiger partial charge is 0.359 e. The van der Waals surface area contributed by atoms with Gasteiger partial charge < -0.3 is 4.74 Å². The van der Waals surface area contributed by atoms with Crippen molar-refractivity contribution in [2.45, 2.75) is 38.2 Å². The molecule has 142 valence electrons. The van der Waals surface area contributed by atoms with Crippen molar-refractivity contribution < 1.29 is 9.53 Å². The van der Waals surface area contributed by atoms with E-state index in [0.29, 0.717) is 5.69 Å². The normalized spacial score (nSPS) is 14.6. The molecular formula is C24H24N2O2. The average molecular weight is 372 g/mol. The first-order valence-corrected chi connectivity index (χ1v) is 9.83. The number of carbonyl (C=O) groups is 1. The topological polar surface area (TPSA) is 44.1 Å². The second kappa shape index (κ2) is 8.26. The molecule has 0 N–H and O–H groups in total. The zero-order valence-corrected chi connectivity index (χ0v) is 15.9. The lowest BCUT2D eigenvalue weighted by Crippen LogP contribution is -2.21. The highest BCUT2D eigenvalue weighted by atomic mass is 16.5. The van der Waals surface area contributed by atoms with Gasteiger partial charge in [0.05, 0.1) is 5.70 Å². The van der Waals surface area contributed by atoms with Crippen molar-refractivity contribution in [3.05, 3.63) is 84.7 Å². The molecule has 4 heteroatoms. The van der Waals surface area contributed by atoms with E-state index < -0.39 is 0 Å². The highest BCUT2D eigenvalue weighted by molar-refractivity contribution is 5.95. The maximum Gasteiger partial charge on any atom is 0.359 e. The summed E-state index contributed by atoms with van der Waals surface area (Å²) in [6.45, 7) is 4.17. The number of aromatic nitrogens is 2. The van der Waals surface area contributed by atoms with Crippen LogP contribution in [0.25, 0.3) is 16.8 Å². The lowest BCUT2D eigenvalue weighted by atomic mass is 9.98. The highest BCUT2D eigenvalue weighted by Gasteiger charge is 2.24. The molecule has 0 aliphatic heterocycles. The van der Waals surface area contributed by atoms with Crippen LogP contribution in [0.15, 0.2) is 73.4 Å². The minimum atomic E-state index is -0.356. The third-order valence-electron chi connectivity index (χ3n) is 5.20. The van der Waals surface area contributed by atoms with Gasteiger partial charge in [-0.3, -0.25) is 0 Å². The second-order valence-corrected chi connectivity index (χ2v) is 7.18. The van der Waals surface area contributed by atoms with Gasteiger partial charge in [-0.25, -0.2) is 9.48 Å². The van der Waals surface area contributed by atoms with Crippen molar-refractivity contribution in [2.75, 3.05) is 0 Å². The summed E-state index contributed by atoms with van der Waals surface area (Å²) in [4.78, 5) is 13.0. The fourth-order valence-electron chi connectivity index (χ4n) is 3.64. The van der Waals surface area contributed by atoms with Crippen LogP contribution in [0.1, 0.15) is 48.2 Å². The Morgan fingerprint density at radius 3 is 2.29 bits per heavy atom. The van der Waals surface area contributed by atoms with E-state index in [1.807, 2.05) is 66.9 Å². The van der Waals surface area contributed by atoms with Crippen molar-refractivity contribution in [2.24, 2.45) is 0 Å². The van der Waals surface area contributed by atoms with Gasteiger partial charge in [0.15, 0.2) is 5.69 Å². The second-order valence-electron chi connectivity index (χ2n) is 7.18. The number of hydrogen-bond acceptors (Lipinski definition) is 3. The van der Waals surface area contributed by atoms with Crippen LogP contribution >= 0.6 is 0 Å². The van der Waals surface area contributed by atoms with Gasteiger partial charge in [-0.05, 0) is 36.8 Å². The number of rotatable bonds is 5. The van der Waals surface area contributed by atoms with Gasteiger partial charge in [-0.15, -0.1) is 0 Å². The van der Waals surface area contributed by atoms with Crippen LogP contribution in [0.5, 0.6) is 0 Å². The van der Waals surface area contributed by atoms with Gasteiger partial charge in [-0.1, -0.05) is 73.7 Å². The Labute approximate surface area is 165 Å². The van der Waals surface area contributed by atoms with E-state index in [9.17, 15) is 4.79 Å². The van der Waals surface area contributed by atoms with E-state index in [2.05, 4.69) is 11.7 Å². The predicted molar refractivity (Wildman–Crippen MR) is 111 cm³/mol. The summed E-state index contributed by atoms with van der Waals surface area (Å²) in [5, 5.41) is 4.57. The van der Waals surface area contributed by atoms with E-state index in [1.54, 1.807) is 4.68 Å². The molecule has 3 aromatic rings. The molecule has 0 unspecified atom stereocenters. The predicted octanol–water partition coefficient (Wildman–Crippen LogP) is 5.56. The van der Waals surface area contributed by atoms with Gasteiger partial charge in [0, 0.05) is 11.8 Å². The number of esters is 1. The molecule has 1 heterocycles. The minimum Gasteiger partial charge on any atom is -0.458 e. The first-order chi connectivity index (χ1) is 13.7. The summed E-state index contributed by atoms with van der Waals surface area (Å²) in [5.41, 5.74) is 3.71.